The first-order valence-electron chi connectivity index (χ1n) is 10.0. The van der Waals surface area contributed by atoms with Crippen LogP contribution < -0.4 is 20.1 Å². The van der Waals surface area contributed by atoms with Crippen molar-refractivity contribution in [2.75, 3.05) is 19.8 Å². The number of nitrogens with one attached hydrogen (secondary N) is 2. The standard InChI is InChI=1S/C21H29BrN2O5/c1-5-9-15-17(20(25)28-8-4)18(24-21(26)23-15)13-11-14(22)19(29-10-6-2)16(12-13)27-7-3/h11-12,18H,5-10H2,1-4H3,(H2,23,24,26). The molecule has 7 nitrogen and oxygen atoms in total. The fraction of sp³-hybridized carbons (Fsp3) is 0.524. The molecule has 0 bridgehead atoms. The monoisotopic (exact) mass is 468 g/mol. The number of carbonyl (C=O) groups excluding carboxylic acids is 2. The van der Waals surface area contributed by atoms with Crippen LogP contribution in [-0.2, 0) is 9.53 Å². The van der Waals surface area contributed by atoms with Gasteiger partial charge in [0.25, 0.3) is 0 Å². The molecule has 29 heavy (non-hydrogen) atoms. The van der Waals surface area contributed by atoms with Crippen molar-refractivity contribution in [2.24, 2.45) is 0 Å². The number of hydrogen-bond acceptors (Lipinski definition) is 5. The first-order chi connectivity index (χ1) is 14.0. The number of amides is 2. The molecule has 0 fully saturated rings. The Morgan fingerprint density at radius 2 is 1.86 bits per heavy atom. The number of urea groups is 1. The van der Waals surface area contributed by atoms with E-state index in [0.29, 0.717) is 52.4 Å². The predicted molar refractivity (Wildman–Crippen MR) is 114 cm³/mol. The molecule has 1 aromatic rings. The highest BCUT2D eigenvalue weighted by atomic mass is 79.9. The maximum Gasteiger partial charge on any atom is 0.338 e. The van der Waals surface area contributed by atoms with Gasteiger partial charge >= 0.3 is 12.0 Å². The third kappa shape index (κ3) is 5.65. The molecule has 0 saturated carbocycles. The number of hydrogen-bond donors (Lipinski definition) is 2. The average Bonchev–Trinajstić information content (AvgIpc) is 2.67. The quantitative estimate of drug-likeness (QED) is 0.489. The number of ether oxygens (including phenoxy) is 3. The van der Waals surface area contributed by atoms with Gasteiger partial charge in [0.1, 0.15) is 0 Å². The Balaban J connectivity index is 2.57. The van der Waals surface area contributed by atoms with Crippen LogP contribution in [0.25, 0.3) is 0 Å². The Bertz CT molecular complexity index is 779. The summed E-state index contributed by atoms with van der Waals surface area (Å²) in [6, 6.07) is 2.64. The van der Waals surface area contributed by atoms with Gasteiger partial charge in [0.2, 0.25) is 0 Å². The molecular weight excluding hydrogens is 440 g/mol. The zero-order valence-electron chi connectivity index (χ0n) is 17.4. The van der Waals surface area contributed by atoms with E-state index in [1.165, 1.54) is 0 Å². The van der Waals surface area contributed by atoms with Gasteiger partial charge in [-0.15, -0.1) is 0 Å². The second kappa shape index (κ2) is 11.1. The highest BCUT2D eigenvalue weighted by Gasteiger charge is 2.34. The minimum absolute atomic E-state index is 0.250. The van der Waals surface area contributed by atoms with Crippen molar-refractivity contribution in [1.82, 2.24) is 10.6 Å². The molecule has 1 aliphatic rings. The van der Waals surface area contributed by atoms with Crippen LogP contribution >= 0.6 is 15.9 Å². The highest BCUT2D eigenvalue weighted by Crippen LogP contribution is 2.41. The molecule has 0 saturated heterocycles. The Morgan fingerprint density at radius 3 is 2.48 bits per heavy atom. The van der Waals surface area contributed by atoms with Crippen molar-refractivity contribution < 1.29 is 23.8 Å². The van der Waals surface area contributed by atoms with E-state index in [0.717, 1.165) is 12.8 Å². The van der Waals surface area contributed by atoms with Crippen LogP contribution in [-0.4, -0.2) is 31.8 Å². The first-order valence-corrected chi connectivity index (χ1v) is 10.8. The molecule has 0 spiro atoms. The van der Waals surface area contributed by atoms with Crippen LogP contribution in [0.3, 0.4) is 0 Å². The van der Waals surface area contributed by atoms with E-state index in [-0.39, 0.29) is 12.6 Å². The van der Waals surface area contributed by atoms with Gasteiger partial charge in [0.05, 0.1) is 35.9 Å². The van der Waals surface area contributed by atoms with E-state index in [4.69, 9.17) is 14.2 Å². The van der Waals surface area contributed by atoms with Crippen molar-refractivity contribution >= 4 is 27.9 Å². The summed E-state index contributed by atoms with van der Waals surface area (Å²) < 4.78 is 17.6. The van der Waals surface area contributed by atoms with Crippen LogP contribution in [0.4, 0.5) is 4.79 Å². The summed E-state index contributed by atoms with van der Waals surface area (Å²) in [6.45, 7) is 8.92. The van der Waals surface area contributed by atoms with Crippen molar-refractivity contribution in [3.63, 3.8) is 0 Å². The van der Waals surface area contributed by atoms with Crippen LogP contribution in [0.1, 0.15) is 58.6 Å². The smallest absolute Gasteiger partial charge is 0.338 e. The zero-order valence-corrected chi connectivity index (χ0v) is 19.0. The van der Waals surface area contributed by atoms with E-state index in [1.807, 2.05) is 26.8 Å². The lowest BCUT2D eigenvalue weighted by Crippen LogP contribution is -2.46. The van der Waals surface area contributed by atoms with Crippen molar-refractivity contribution in [3.05, 3.63) is 33.4 Å². The van der Waals surface area contributed by atoms with Crippen molar-refractivity contribution in [2.45, 2.75) is 53.0 Å². The molecule has 1 unspecified atom stereocenters. The lowest BCUT2D eigenvalue weighted by atomic mass is 9.93. The SMILES string of the molecule is CCCOc1c(Br)cc(C2NC(=O)NC(CCC)=C2C(=O)OCC)cc1OCC. The molecule has 2 N–H and O–H groups in total. The van der Waals surface area contributed by atoms with Crippen LogP contribution in [0.2, 0.25) is 0 Å². The Morgan fingerprint density at radius 1 is 1.10 bits per heavy atom. The van der Waals surface area contributed by atoms with Gasteiger partial charge in [-0.25, -0.2) is 9.59 Å². The number of halogens is 1. The lowest BCUT2D eigenvalue weighted by Gasteiger charge is -2.30. The van der Waals surface area contributed by atoms with E-state index >= 15 is 0 Å². The number of carbonyl (C=O) groups is 2. The lowest BCUT2D eigenvalue weighted by molar-refractivity contribution is -0.139. The van der Waals surface area contributed by atoms with Crippen LogP contribution in [0.5, 0.6) is 11.5 Å². The van der Waals surface area contributed by atoms with E-state index in [2.05, 4.69) is 26.6 Å². The predicted octanol–water partition coefficient (Wildman–Crippen LogP) is 4.61. The first kappa shape index (κ1) is 23.1. The average molecular weight is 469 g/mol. The normalized spacial score (nSPS) is 16.2. The molecule has 2 rings (SSSR count). The molecule has 160 valence electrons. The van der Waals surface area contributed by atoms with E-state index < -0.39 is 12.0 Å². The summed E-state index contributed by atoms with van der Waals surface area (Å²) in [7, 11) is 0. The van der Waals surface area contributed by atoms with Gasteiger partial charge in [-0.05, 0) is 60.3 Å². The molecule has 1 atom stereocenters. The fourth-order valence-electron chi connectivity index (χ4n) is 3.13. The largest absolute Gasteiger partial charge is 0.490 e. The topological polar surface area (TPSA) is 85.9 Å². The minimum atomic E-state index is -0.653. The minimum Gasteiger partial charge on any atom is -0.490 e. The Hall–Kier alpha value is -2.22. The number of allylic oxidation sites excluding steroid dienone is 1. The van der Waals surface area contributed by atoms with Crippen molar-refractivity contribution in [3.8, 4) is 11.5 Å². The Kier molecular flexibility index (Phi) is 8.82. The zero-order chi connectivity index (χ0) is 21.4. The molecule has 0 aromatic heterocycles. The summed E-state index contributed by atoms with van der Waals surface area (Å²) >= 11 is 3.55. The number of rotatable bonds is 10. The maximum absolute atomic E-state index is 12.7. The third-order valence-electron chi connectivity index (χ3n) is 4.26. The van der Waals surface area contributed by atoms with Gasteiger partial charge in [-0.1, -0.05) is 20.3 Å². The molecule has 8 heteroatoms. The summed E-state index contributed by atoms with van der Waals surface area (Å²) in [6.07, 6.45) is 2.21. The number of esters is 1. The molecule has 0 aliphatic carbocycles. The molecule has 2 amide bonds. The van der Waals surface area contributed by atoms with E-state index in [9.17, 15) is 9.59 Å². The van der Waals surface area contributed by atoms with Crippen molar-refractivity contribution in [1.29, 1.82) is 0 Å². The highest BCUT2D eigenvalue weighted by molar-refractivity contribution is 9.10. The second-order valence-corrected chi connectivity index (χ2v) is 7.36. The molecule has 1 heterocycles. The van der Waals surface area contributed by atoms with Gasteiger partial charge in [-0.2, -0.15) is 0 Å². The second-order valence-electron chi connectivity index (χ2n) is 6.51. The van der Waals surface area contributed by atoms with Gasteiger partial charge in [0, 0.05) is 5.70 Å². The molecule has 0 radical (unpaired) electrons. The summed E-state index contributed by atoms with van der Waals surface area (Å²) in [5, 5.41) is 5.60. The summed E-state index contributed by atoms with van der Waals surface area (Å²) in [5.74, 6) is 0.709. The third-order valence-corrected chi connectivity index (χ3v) is 4.85. The van der Waals surface area contributed by atoms with Gasteiger partial charge in [-0.3, -0.25) is 0 Å². The molecule has 1 aliphatic heterocycles. The summed E-state index contributed by atoms with van der Waals surface area (Å²) in [5.41, 5.74) is 1.70. The molecular formula is C21H29BrN2O5. The molecule has 1 aromatic carbocycles. The van der Waals surface area contributed by atoms with Crippen LogP contribution in [0.15, 0.2) is 27.9 Å². The fourth-order valence-corrected chi connectivity index (χ4v) is 3.70. The summed E-state index contributed by atoms with van der Waals surface area (Å²) in [4.78, 5) is 25.0. The van der Waals surface area contributed by atoms with E-state index in [1.54, 1.807) is 13.0 Å². The van der Waals surface area contributed by atoms with Crippen LogP contribution in [0, 0.1) is 0 Å². The van der Waals surface area contributed by atoms with Gasteiger partial charge < -0.3 is 24.8 Å². The Labute approximate surface area is 180 Å². The number of benzene rings is 1. The van der Waals surface area contributed by atoms with Gasteiger partial charge in [0.15, 0.2) is 11.5 Å². The maximum atomic E-state index is 12.7.